The molecule has 0 aromatic heterocycles. The summed E-state index contributed by atoms with van der Waals surface area (Å²) >= 11 is 0. The maximum absolute atomic E-state index is 11.8. The molecule has 0 saturated heterocycles. The summed E-state index contributed by atoms with van der Waals surface area (Å²) in [5.74, 6) is -0.0993. The molecule has 106 valence electrons. The van der Waals surface area contributed by atoms with Crippen molar-refractivity contribution in [2.45, 2.75) is 32.1 Å². The molecule has 0 N–H and O–H groups in total. The molecule has 1 rings (SSSR count). The van der Waals surface area contributed by atoms with Gasteiger partial charge >= 0.3 is 5.97 Å². The minimum atomic E-state index is -1.74. The van der Waals surface area contributed by atoms with Crippen molar-refractivity contribution >= 4 is 19.2 Å². The second-order valence-electron chi connectivity index (χ2n) is 5.58. The third-order valence-corrected chi connectivity index (χ3v) is 7.85. The quantitative estimate of drug-likeness (QED) is 0.589. The van der Waals surface area contributed by atoms with Gasteiger partial charge in [0.2, 0.25) is 0 Å². The molecule has 3 nitrogen and oxygen atoms in total. The number of carbonyl (C=O) groups is 1. The normalized spacial score (nSPS) is 13.4. The lowest BCUT2D eigenvalue weighted by Crippen LogP contribution is -2.59. The molecule has 0 heterocycles. The number of esters is 1. The molecule has 0 aliphatic heterocycles. The van der Waals surface area contributed by atoms with Crippen LogP contribution >= 0.6 is 0 Å². The first-order valence-electron chi connectivity index (χ1n) is 6.77. The number of hydrogen-bond acceptors (Lipinski definition) is 3. The molecule has 1 atom stereocenters. The smallest absolute Gasteiger partial charge is 0.307 e. The Morgan fingerprint density at radius 3 is 2.32 bits per heavy atom. The lowest BCUT2D eigenvalue weighted by atomic mass is 10.4. The van der Waals surface area contributed by atoms with Crippen LogP contribution in [0.3, 0.4) is 0 Å². The average Bonchev–Trinajstić information content (AvgIpc) is 2.37. The third kappa shape index (κ3) is 4.18. The summed E-state index contributed by atoms with van der Waals surface area (Å²) in [7, 11) is 2.35. The minimum Gasteiger partial charge on any atom is -0.466 e. The van der Waals surface area contributed by atoms with Gasteiger partial charge in [-0.25, -0.2) is 0 Å². The molecule has 0 aliphatic rings. The van der Waals surface area contributed by atoms with Crippen molar-refractivity contribution in [2.24, 2.45) is 0 Å². The molecule has 0 bridgehead atoms. The zero-order chi connectivity index (χ0) is 14.5. The van der Waals surface area contributed by atoms with Gasteiger partial charge in [-0.3, -0.25) is 4.79 Å². The highest BCUT2D eigenvalue weighted by Crippen LogP contribution is 2.17. The van der Waals surface area contributed by atoms with Crippen LogP contribution in [0.5, 0.6) is 0 Å². The van der Waals surface area contributed by atoms with E-state index in [2.05, 4.69) is 42.3 Å². The largest absolute Gasteiger partial charge is 0.466 e. The lowest BCUT2D eigenvalue weighted by molar-refractivity contribution is -0.143. The van der Waals surface area contributed by atoms with E-state index in [-0.39, 0.29) is 11.6 Å². The highest BCUT2D eigenvalue weighted by Gasteiger charge is 2.36. The Labute approximate surface area is 117 Å². The van der Waals surface area contributed by atoms with Crippen molar-refractivity contribution in [3.8, 4) is 0 Å². The molecule has 1 aromatic rings. The fourth-order valence-corrected chi connectivity index (χ4v) is 5.93. The topological polar surface area (TPSA) is 29.5 Å². The van der Waals surface area contributed by atoms with E-state index in [1.165, 1.54) is 5.19 Å². The van der Waals surface area contributed by atoms with Crippen LogP contribution in [0.25, 0.3) is 0 Å². The monoisotopic (exact) mass is 279 g/mol. The van der Waals surface area contributed by atoms with Gasteiger partial charge in [0.1, 0.15) is 0 Å². The van der Waals surface area contributed by atoms with Gasteiger partial charge in [-0.2, -0.15) is 0 Å². The van der Waals surface area contributed by atoms with E-state index in [1.54, 1.807) is 0 Å². The maximum Gasteiger partial charge on any atom is 0.307 e. The van der Waals surface area contributed by atoms with Crippen LogP contribution in [0.1, 0.15) is 13.3 Å². The Kier molecular flexibility index (Phi) is 5.75. The molecule has 0 saturated carbocycles. The Bertz CT molecular complexity index is 404. The molecule has 0 radical (unpaired) electrons. The lowest BCUT2D eigenvalue weighted by Gasteiger charge is -2.37. The van der Waals surface area contributed by atoms with E-state index in [1.807, 2.05) is 27.1 Å². The molecule has 0 amide bonds. The van der Waals surface area contributed by atoms with Crippen molar-refractivity contribution in [3.05, 3.63) is 30.3 Å². The first kappa shape index (κ1) is 15.9. The van der Waals surface area contributed by atoms with Gasteiger partial charge in [-0.05, 0) is 21.0 Å². The van der Waals surface area contributed by atoms with Crippen LogP contribution in [0.2, 0.25) is 13.1 Å². The van der Waals surface area contributed by atoms with Gasteiger partial charge in [0, 0.05) is 5.67 Å². The van der Waals surface area contributed by atoms with E-state index < -0.39 is 8.07 Å². The first-order valence-corrected chi connectivity index (χ1v) is 9.85. The van der Waals surface area contributed by atoms with Gasteiger partial charge in [-0.15, -0.1) is 0 Å². The van der Waals surface area contributed by atoms with Crippen LogP contribution in [0, 0.1) is 0 Å². The molecule has 0 spiro atoms. The highest BCUT2D eigenvalue weighted by molar-refractivity contribution is 6.91. The number of hydrogen-bond donors (Lipinski definition) is 0. The Balaban J connectivity index is 2.95. The number of rotatable bonds is 6. The molecular weight excluding hydrogens is 254 g/mol. The van der Waals surface area contributed by atoms with Gasteiger partial charge in [0.15, 0.2) is 0 Å². The van der Waals surface area contributed by atoms with Crippen LogP contribution in [0.4, 0.5) is 0 Å². The van der Waals surface area contributed by atoms with Gasteiger partial charge in [-0.1, -0.05) is 48.6 Å². The molecular formula is C15H25NO2Si. The van der Waals surface area contributed by atoms with E-state index in [0.29, 0.717) is 13.0 Å². The standard InChI is InChI=1S/C15H25NO2Si/c1-6-18-15(17)12-14(16(2)3)19(4,5)13-10-8-7-9-11-13/h7-11,14H,6,12H2,1-5H3. The Morgan fingerprint density at radius 2 is 1.84 bits per heavy atom. The third-order valence-electron chi connectivity index (χ3n) is 3.64. The molecule has 1 unspecified atom stereocenters. The van der Waals surface area contributed by atoms with Crippen LogP contribution < -0.4 is 5.19 Å². The van der Waals surface area contributed by atoms with Crippen LogP contribution in [-0.2, 0) is 9.53 Å². The fraction of sp³-hybridized carbons (Fsp3) is 0.533. The Hall–Kier alpha value is -1.13. The number of carbonyl (C=O) groups excluding carboxylic acids is 1. The molecule has 0 fully saturated rings. The molecule has 1 aromatic carbocycles. The summed E-state index contributed by atoms with van der Waals surface area (Å²) in [6.07, 6.45) is 0.467. The van der Waals surface area contributed by atoms with Crippen molar-refractivity contribution in [1.29, 1.82) is 0 Å². The predicted molar refractivity (Wildman–Crippen MR) is 82.3 cm³/mol. The fourth-order valence-electron chi connectivity index (χ4n) is 2.52. The van der Waals surface area contributed by atoms with Gasteiger partial charge in [0.25, 0.3) is 0 Å². The summed E-state index contributed by atoms with van der Waals surface area (Å²) in [6.45, 7) is 6.92. The predicted octanol–water partition coefficient (Wildman–Crippen LogP) is 2.02. The number of benzene rings is 1. The second kappa shape index (κ2) is 6.87. The minimum absolute atomic E-state index is 0.0993. The summed E-state index contributed by atoms with van der Waals surface area (Å²) in [4.78, 5) is 14.0. The zero-order valence-electron chi connectivity index (χ0n) is 12.6. The summed E-state index contributed by atoms with van der Waals surface area (Å²) < 4.78 is 5.11. The van der Waals surface area contributed by atoms with E-state index in [0.717, 1.165) is 0 Å². The summed E-state index contributed by atoms with van der Waals surface area (Å²) in [5.41, 5.74) is 0.244. The molecule has 4 heteroatoms. The summed E-state index contributed by atoms with van der Waals surface area (Å²) in [6, 6.07) is 10.5. The molecule has 19 heavy (non-hydrogen) atoms. The van der Waals surface area contributed by atoms with Gasteiger partial charge < -0.3 is 9.64 Å². The Morgan fingerprint density at radius 1 is 1.26 bits per heavy atom. The van der Waals surface area contributed by atoms with Crippen molar-refractivity contribution in [3.63, 3.8) is 0 Å². The number of nitrogens with zero attached hydrogens (tertiary/aromatic N) is 1. The van der Waals surface area contributed by atoms with E-state index in [9.17, 15) is 4.79 Å². The van der Waals surface area contributed by atoms with Crippen molar-refractivity contribution < 1.29 is 9.53 Å². The number of ether oxygens (including phenoxy) is 1. The van der Waals surface area contributed by atoms with Crippen LogP contribution in [-0.4, -0.2) is 45.3 Å². The first-order chi connectivity index (χ1) is 8.89. The summed E-state index contributed by atoms with van der Waals surface area (Å²) in [5, 5.41) is 1.37. The van der Waals surface area contributed by atoms with E-state index in [4.69, 9.17) is 4.74 Å². The maximum atomic E-state index is 11.8. The van der Waals surface area contributed by atoms with E-state index >= 15 is 0 Å². The highest BCUT2D eigenvalue weighted by atomic mass is 28.3. The SMILES string of the molecule is CCOC(=O)CC(N(C)C)[Si](C)(C)c1ccccc1. The zero-order valence-corrected chi connectivity index (χ0v) is 13.6. The van der Waals surface area contributed by atoms with Crippen LogP contribution in [0.15, 0.2) is 30.3 Å². The molecule has 0 aliphatic carbocycles. The van der Waals surface area contributed by atoms with Crippen molar-refractivity contribution in [2.75, 3.05) is 20.7 Å². The van der Waals surface area contributed by atoms with Gasteiger partial charge in [0.05, 0.1) is 21.1 Å². The van der Waals surface area contributed by atoms with Crippen molar-refractivity contribution in [1.82, 2.24) is 4.90 Å². The average molecular weight is 279 g/mol. The second-order valence-corrected chi connectivity index (χ2v) is 10.3.